The second-order valence-corrected chi connectivity index (χ2v) is 5.27. The van der Waals surface area contributed by atoms with Gasteiger partial charge < -0.3 is 14.0 Å². The molecule has 2 aromatic rings. The van der Waals surface area contributed by atoms with E-state index < -0.39 is 0 Å². The van der Waals surface area contributed by atoms with Gasteiger partial charge in [0.1, 0.15) is 11.3 Å². The lowest BCUT2D eigenvalue weighted by Crippen LogP contribution is -2.32. The molecule has 0 amide bonds. The lowest BCUT2D eigenvalue weighted by molar-refractivity contribution is -0.0934. The molecule has 0 bridgehead atoms. The van der Waals surface area contributed by atoms with Crippen LogP contribution in [0.2, 0.25) is 0 Å². The number of imidazole rings is 1. The minimum Gasteiger partial charge on any atom is -0.376 e. The summed E-state index contributed by atoms with van der Waals surface area (Å²) in [6.45, 7) is 4.48. The third-order valence-corrected chi connectivity index (χ3v) is 3.36. The fourth-order valence-corrected chi connectivity index (χ4v) is 2.47. The minimum atomic E-state index is -0.168. The van der Waals surface area contributed by atoms with Crippen LogP contribution in [0, 0.1) is 0 Å². The van der Waals surface area contributed by atoms with E-state index in [1.165, 1.54) is 0 Å². The van der Waals surface area contributed by atoms with E-state index in [4.69, 9.17) is 21.1 Å². The van der Waals surface area contributed by atoms with Crippen molar-refractivity contribution in [1.82, 2.24) is 14.5 Å². The van der Waals surface area contributed by atoms with Gasteiger partial charge in [-0.1, -0.05) is 0 Å². The first-order valence-electron chi connectivity index (χ1n) is 6.40. The van der Waals surface area contributed by atoms with Crippen molar-refractivity contribution in [3.05, 3.63) is 24.2 Å². The van der Waals surface area contributed by atoms with Gasteiger partial charge in [-0.25, -0.2) is 9.97 Å². The summed E-state index contributed by atoms with van der Waals surface area (Å²) in [6.07, 6.45) is 1.80. The van der Waals surface area contributed by atoms with E-state index in [1.807, 2.05) is 23.6 Å². The average Bonchev–Trinajstić information content (AvgIpc) is 2.79. The Balaban J connectivity index is 1.97. The molecule has 5 nitrogen and oxygen atoms in total. The van der Waals surface area contributed by atoms with Gasteiger partial charge in [-0.2, -0.15) is 0 Å². The average molecular weight is 282 g/mol. The van der Waals surface area contributed by atoms with E-state index in [2.05, 4.69) is 9.97 Å². The third kappa shape index (κ3) is 2.59. The van der Waals surface area contributed by atoms with Crippen molar-refractivity contribution < 1.29 is 9.47 Å². The SMILES string of the molecule is CC(Cl)c1nc2cccnc2n1CC1COCCO1. The molecule has 1 aliphatic heterocycles. The van der Waals surface area contributed by atoms with Crippen LogP contribution in [0.25, 0.3) is 11.2 Å². The lowest BCUT2D eigenvalue weighted by atomic mass is 10.3. The van der Waals surface area contributed by atoms with Crippen LogP contribution < -0.4 is 0 Å². The predicted octanol–water partition coefficient (Wildman–Crippen LogP) is 2.15. The second-order valence-electron chi connectivity index (χ2n) is 4.61. The Morgan fingerprint density at radius 3 is 3.16 bits per heavy atom. The summed E-state index contributed by atoms with van der Waals surface area (Å²) in [5.41, 5.74) is 1.71. The maximum atomic E-state index is 6.21. The third-order valence-electron chi connectivity index (χ3n) is 3.16. The van der Waals surface area contributed by atoms with E-state index in [-0.39, 0.29) is 11.5 Å². The van der Waals surface area contributed by atoms with Crippen LogP contribution in [0.5, 0.6) is 0 Å². The number of aromatic nitrogens is 3. The molecule has 1 aliphatic rings. The molecule has 3 heterocycles. The smallest absolute Gasteiger partial charge is 0.160 e. The van der Waals surface area contributed by atoms with Crippen molar-refractivity contribution in [2.24, 2.45) is 0 Å². The van der Waals surface area contributed by atoms with Gasteiger partial charge in [0.05, 0.1) is 37.8 Å². The highest BCUT2D eigenvalue weighted by Crippen LogP contribution is 2.24. The van der Waals surface area contributed by atoms with Crippen LogP contribution in [0.4, 0.5) is 0 Å². The van der Waals surface area contributed by atoms with Gasteiger partial charge in [-0.05, 0) is 19.1 Å². The van der Waals surface area contributed by atoms with Crippen LogP contribution in [-0.4, -0.2) is 40.5 Å². The maximum absolute atomic E-state index is 6.21. The summed E-state index contributed by atoms with van der Waals surface area (Å²) in [4.78, 5) is 8.94. The zero-order chi connectivity index (χ0) is 13.2. The van der Waals surface area contributed by atoms with E-state index in [0.29, 0.717) is 26.4 Å². The van der Waals surface area contributed by atoms with Gasteiger partial charge in [-0.15, -0.1) is 11.6 Å². The van der Waals surface area contributed by atoms with Gasteiger partial charge in [0.25, 0.3) is 0 Å². The standard InChI is InChI=1S/C13H16ClN3O2/c1-9(14)12-16-11-3-2-4-15-13(11)17(12)7-10-8-18-5-6-19-10/h2-4,9-10H,5-8H2,1H3. The van der Waals surface area contributed by atoms with Gasteiger partial charge >= 0.3 is 0 Å². The molecule has 2 aromatic heterocycles. The Kier molecular flexibility index (Phi) is 3.68. The number of halogens is 1. The molecule has 3 rings (SSSR count). The molecule has 19 heavy (non-hydrogen) atoms. The molecule has 0 N–H and O–H groups in total. The van der Waals surface area contributed by atoms with Crippen LogP contribution in [-0.2, 0) is 16.0 Å². The zero-order valence-corrected chi connectivity index (χ0v) is 11.5. The molecule has 1 fully saturated rings. The number of nitrogens with zero attached hydrogens (tertiary/aromatic N) is 3. The molecule has 0 spiro atoms. The first-order chi connectivity index (χ1) is 9.25. The summed E-state index contributed by atoms with van der Waals surface area (Å²) in [5, 5.41) is -0.168. The zero-order valence-electron chi connectivity index (χ0n) is 10.8. The van der Waals surface area contributed by atoms with E-state index in [1.54, 1.807) is 6.20 Å². The Bertz CT molecular complexity index is 564. The first kappa shape index (κ1) is 12.8. The van der Waals surface area contributed by atoms with E-state index in [0.717, 1.165) is 17.0 Å². The normalized spacial score (nSPS) is 21.7. The highest BCUT2D eigenvalue weighted by atomic mass is 35.5. The fraction of sp³-hybridized carbons (Fsp3) is 0.538. The maximum Gasteiger partial charge on any atom is 0.160 e. The molecule has 0 radical (unpaired) electrons. The van der Waals surface area contributed by atoms with E-state index >= 15 is 0 Å². The van der Waals surface area contributed by atoms with Crippen molar-refractivity contribution in [3.8, 4) is 0 Å². The summed E-state index contributed by atoms with van der Waals surface area (Å²) in [5.74, 6) is 0.824. The summed E-state index contributed by atoms with van der Waals surface area (Å²) in [6, 6.07) is 3.82. The first-order valence-corrected chi connectivity index (χ1v) is 6.84. The van der Waals surface area contributed by atoms with Crippen molar-refractivity contribution in [1.29, 1.82) is 0 Å². The molecular weight excluding hydrogens is 266 g/mol. The highest BCUT2D eigenvalue weighted by molar-refractivity contribution is 6.20. The van der Waals surface area contributed by atoms with Crippen molar-refractivity contribution in [2.45, 2.75) is 24.9 Å². The molecule has 0 aromatic carbocycles. The number of ether oxygens (including phenoxy) is 2. The Labute approximate surface area is 116 Å². The molecule has 1 saturated heterocycles. The van der Waals surface area contributed by atoms with Crippen LogP contribution in [0.15, 0.2) is 18.3 Å². The van der Waals surface area contributed by atoms with Crippen molar-refractivity contribution >= 4 is 22.8 Å². The molecule has 0 saturated carbocycles. The number of fused-ring (bicyclic) bond motifs is 1. The summed E-state index contributed by atoms with van der Waals surface area (Å²) in [7, 11) is 0. The number of alkyl halides is 1. The molecular formula is C13H16ClN3O2. The Morgan fingerprint density at radius 1 is 1.53 bits per heavy atom. The number of hydrogen-bond donors (Lipinski definition) is 0. The number of hydrogen-bond acceptors (Lipinski definition) is 4. The van der Waals surface area contributed by atoms with Crippen LogP contribution in [0.3, 0.4) is 0 Å². The number of rotatable bonds is 3. The van der Waals surface area contributed by atoms with Gasteiger partial charge in [0.15, 0.2) is 5.65 Å². The molecule has 0 aliphatic carbocycles. The predicted molar refractivity (Wildman–Crippen MR) is 72.4 cm³/mol. The molecule has 102 valence electrons. The minimum absolute atomic E-state index is 0.0299. The number of pyridine rings is 1. The monoisotopic (exact) mass is 281 g/mol. The van der Waals surface area contributed by atoms with Crippen molar-refractivity contribution in [3.63, 3.8) is 0 Å². The lowest BCUT2D eigenvalue weighted by Gasteiger charge is -2.24. The fourth-order valence-electron chi connectivity index (χ4n) is 2.31. The van der Waals surface area contributed by atoms with Gasteiger partial charge in [0, 0.05) is 6.20 Å². The van der Waals surface area contributed by atoms with Gasteiger partial charge in [0.2, 0.25) is 0 Å². The Morgan fingerprint density at radius 2 is 2.42 bits per heavy atom. The summed E-state index contributed by atoms with van der Waals surface area (Å²) < 4.78 is 13.2. The topological polar surface area (TPSA) is 49.2 Å². The van der Waals surface area contributed by atoms with Crippen LogP contribution >= 0.6 is 11.6 Å². The molecule has 2 atom stereocenters. The summed E-state index contributed by atoms with van der Waals surface area (Å²) >= 11 is 6.21. The Hall–Kier alpha value is -1.17. The largest absolute Gasteiger partial charge is 0.376 e. The quantitative estimate of drug-likeness (QED) is 0.809. The molecule has 6 heteroatoms. The van der Waals surface area contributed by atoms with Crippen LogP contribution in [0.1, 0.15) is 18.1 Å². The second kappa shape index (κ2) is 5.45. The van der Waals surface area contributed by atoms with E-state index in [9.17, 15) is 0 Å². The molecule has 2 unspecified atom stereocenters. The van der Waals surface area contributed by atoms with Crippen molar-refractivity contribution in [2.75, 3.05) is 19.8 Å². The van der Waals surface area contributed by atoms with Gasteiger partial charge in [-0.3, -0.25) is 0 Å². The highest BCUT2D eigenvalue weighted by Gasteiger charge is 2.21.